The fourth-order valence-corrected chi connectivity index (χ4v) is 3.72. The van der Waals surface area contributed by atoms with Gasteiger partial charge in [0, 0.05) is 0 Å². The van der Waals surface area contributed by atoms with Crippen molar-refractivity contribution < 1.29 is 4.39 Å². The van der Waals surface area contributed by atoms with E-state index in [9.17, 15) is 4.39 Å². The Morgan fingerprint density at radius 1 is 0.870 bits per heavy atom. The number of halogens is 1. The van der Waals surface area contributed by atoms with Gasteiger partial charge in [-0.3, -0.25) is 0 Å². The Kier molecular flexibility index (Phi) is 5.15. The minimum atomic E-state index is 0.0201. The van der Waals surface area contributed by atoms with Gasteiger partial charge in [0.05, 0.1) is 0 Å². The molecule has 23 heavy (non-hydrogen) atoms. The third-order valence-electron chi connectivity index (χ3n) is 5.19. The maximum atomic E-state index is 14.3. The van der Waals surface area contributed by atoms with E-state index in [0.717, 1.165) is 49.7 Å². The van der Waals surface area contributed by atoms with Gasteiger partial charge in [-0.1, -0.05) is 57.0 Å². The van der Waals surface area contributed by atoms with Crippen LogP contribution < -0.4 is 0 Å². The first-order chi connectivity index (χ1) is 11.2. The molecule has 1 aliphatic carbocycles. The van der Waals surface area contributed by atoms with Gasteiger partial charge in [-0.05, 0) is 71.9 Å². The summed E-state index contributed by atoms with van der Waals surface area (Å²) in [5.74, 6) is 0.660. The van der Waals surface area contributed by atoms with Crippen LogP contribution in [0.2, 0.25) is 0 Å². The summed E-state index contributed by atoms with van der Waals surface area (Å²) >= 11 is 0. The van der Waals surface area contributed by atoms with E-state index < -0.39 is 0 Å². The molecule has 0 amide bonds. The molecule has 0 radical (unpaired) electrons. The van der Waals surface area contributed by atoms with Crippen LogP contribution in [-0.2, 0) is 32.1 Å². The van der Waals surface area contributed by atoms with Crippen molar-refractivity contribution in [3.8, 4) is 0 Å². The van der Waals surface area contributed by atoms with Crippen LogP contribution in [0.4, 0.5) is 4.39 Å². The summed E-state index contributed by atoms with van der Waals surface area (Å²) in [5.41, 5.74) is 6.13. The summed E-state index contributed by atoms with van der Waals surface area (Å²) in [5, 5.41) is 0. The van der Waals surface area contributed by atoms with Gasteiger partial charge in [0.25, 0.3) is 0 Å². The Balaban J connectivity index is 1.66. The third-order valence-corrected chi connectivity index (χ3v) is 5.19. The smallest absolute Gasteiger partial charge is 0.126 e. The van der Waals surface area contributed by atoms with Crippen molar-refractivity contribution in [3.63, 3.8) is 0 Å². The van der Waals surface area contributed by atoms with Gasteiger partial charge in [0.15, 0.2) is 0 Å². The van der Waals surface area contributed by atoms with Crippen LogP contribution in [0.1, 0.15) is 54.5 Å². The molecule has 0 saturated carbocycles. The number of rotatable bonds is 6. The number of aryl methyl sites for hydroxylation is 3. The zero-order valence-corrected chi connectivity index (χ0v) is 14.4. The first-order valence-electron chi connectivity index (χ1n) is 9.07. The molecule has 1 heteroatoms. The van der Waals surface area contributed by atoms with Crippen LogP contribution in [0, 0.1) is 11.7 Å². The van der Waals surface area contributed by atoms with Crippen molar-refractivity contribution in [2.24, 2.45) is 5.92 Å². The SMILES string of the molecule is CCCc1ccc(CCc2cc(F)c3c(c2)CC(CC)C3)cc1. The summed E-state index contributed by atoms with van der Waals surface area (Å²) in [6.45, 7) is 4.41. The van der Waals surface area contributed by atoms with Gasteiger partial charge in [-0.2, -0.15) is 0 Å². The highest BCUT2D eigenvalue weighted by atomic mass is 19.1. The molecule has 1 aliphatic rings. The molecule has 0 aliphatic heterocycles. The average Bonchev–Trinajstić information content (AvgIpc) is 2.98. The highest BCUT2D eigenvalue weighted by Gasteiger charge is 2.23. The molecule has 2 aromatic carbocycles. The molecule has 3 rings (SSSR count). The summed E-state index contributed by atoms with van der Waals surface area (Å²) in [4.78, 5) is 0. The summed E-state index contributed by atoms with van der Waals surface area (Å²) in [7, 11) is 0. The molecule has 0 aromatic heterocycles. The number of fused-ring (bicyclic) bond motifs is 1. The van der Waals surface area contributed by atoms with Crippen LogP contribution >= 0.6 is 0 Å². The Bertz CT molecular complexity index is 654. The van der Waals surface area contributed by atoms with Gasteiger partial charge < -0.3 is 0 Å². The van der Waals surface area contributed by atoms with Gasteiger partial charge in [0.2, 0.25) is 0 Å². The molecule has 1 atom stereocenters. The lowest BCUT2D eigenvalue weighted by atomic mass is 9.99. The van der Waals surface area contributed by atoms with Gasteiger partial charge in [0.1, 0.15) is 5.82 Å². The molecule has 1 unspecified atom stereocenters. The zero-order chi connectivity index (χ0) is 16.2. The zero-order valence-electron chi connectivity index (χ0n) is 14.4. The average molecular weight is 310 g/mol. The lowest BCUT2D eigenvalue weighted by Gasteiger charge is -2.07. The molecule has 0 spiro atoms. The van der Waals surface area contributed by atoms with E-state index in [-0.39, 0.29) is 5.82 Å². The first kappa shape index (κ1) is 16.2. The van der Waals surface area contributed by atoms with Crippen LogP contribution in [0.5, 0.6) is 0 Å². The molecule has 122 valence electrons. The highest BCUT2D eigenvalue weighted by molar-refractivity contribution is 5.38. The second-order valence-corrected chi connectivity index (χ2v) is 6.96. The minimum Gasteiger partial charge on any atom is -0.207 e. The topological polar surface area (TPSA) is 0 Å². The van der Waals surface area contributed by atoms with Crippen molar-refractivity contribution >= 4 is 0 Å². The Morgan fingerprint density at radius 2 is 1.52 bits per heavy atom. The quantitative estimate of drug-likeness (QED) is 0.643. The van der Waals surface area contributed by atoms with E-state index in [1.807, 2.05) is 0 Å². The van der Waals surface area contributed by atoms with Crippen molar-refractivity contribution in [2.45, 2.75) is 58.8 Å². The Labute approximate surface area is 139 Å². The van der Waals surface area contributed by atoms with E-state index in [2.05, 4.69) is 44.2 Å². The second kappa shape index (κ2) is 7.29. The minimum absolute atomic E-state index is 0.0201. The van der Waals surface area contributed by atoms with Crippen LogP contribution in [0.3, 0.4) is 0 Å². The van der Waals surface area contributed by atoms with Gasteiger partial charge >= 0.3 is 0 Å². The summed E-state index contributed by atoms with van der Waals surface area (Å²) in [6, 6.07) is 12.9. The molecule has 0 bridgehead atoms. The fourth-order valence-electron chi connectivity index (χ4n) is 3.72. The van der Waals surface area contributed by atoms with Crippen molar-refractivity contribution in [2.75, 3.05) is 0 Å². The van der Waals surface area contributed by atoms with E-state index >= 15 is 0 Å². The maximum Gasteiger partial charge on any atom is 0.126 e. The first-order valence-corrected chi connectivity index (χ1v) is 9.07. The molecule has 0 nitrogen and oxygen atoms in total. The standard InChI is InChI=1S/C22H27F/c1-3-5-17-6-8-18(9-7-17)10-11-19-13-20-12-16(4-2)14-21(20)22(23)15-19/h6-9,13,15-16H,3-5,10-12,14H2,1-2H3. The van der Waals surface area contributed by atoms with Gasteiger partial charge in [-0.25, -0.2) is 4.39 Å². The monoisotopic (exact) mass is 310 g/mol. The van der Waals surface area contributed by atoms with Crippen molar-refractivity contribution in [1.82, 2.24) is 0 Å². The van der Waals surface area contributed by atoms with E-state index in [1.165, 1.54) is 23.1 Å². The van der Waals surface area contributed by atoms with Crippen LogP contribution in [-0.4, -0.2) is 0 Å². The molecule has 0 fully saturated rings. The summed E-state index contributed by atoms with van der Waals surface area (Å²) in [6.07, 6.45) is 7.38. The molecule has 0 N–H and O–H groups in total. The van der Waals surface area contributed by atoms with Crippen molar-refractivity contribution in [1.29, 1.82) is 0 Å². The lowest BCUT2D eigenvalue weighted by Crippen LogP contribution is -1.97. The third kappa shape index (κ3) is 3.83. The van der Waals surface area contributed by atoms with E-state index in [0.29, 0.717) is 5.92 Å². The molecular weight excluding hydrogens is 283 g/mol. The number of benzene rings is 2. The molecular formula is C22H27F. The lowest BCUT2D eigenvalue weighted by molar-refractivity contribution is 0.531. The predicted octanol–water partition coefficient (Wildman–Crippen LogP) is 5.69. The predicted molar refractivity (Wildman–Crippen MR) is 95.4 cm³/mol. The largest absolute Gasteiger partial charge is 0.207 e. The number of hydrogen-bond acceptors (Lipinski definition) is 0. The Morgan fingerprint density at radius 3 is 2.17 bits per heavy atom. The molecule has 2 aromatic rings. The maximum absolute atomic E-state index is 14.3. The van der Waals surface area contributed by atoms with Gasteiger partial charge in [-0.15, -0.1) is 0 Å². The van der Waals surface area contributed by atoms with E-state index in [1.54, 1.807) is 6.07 Å². The fraction of sp³-hybridized carbons (Fsp3) is 0.455. The number of hydrogen-bond donors (Lipinski definition) is 0. The molecule has 0 saturated heterocycles. The van der Waals surface area contributed by atoms with Crippen LogP contribution in [0.25, 0.3) is 0 Å². The van der Waals surface area contributed by atoms with Crippen LogP contribution in [0.15, 0.2) is 36.4 Å². The van der Waals surface area contributed by atoms with E-state index in [4.69, 9.17) is 0 Å². The second-order valence-electron chi connectivity index (χ2n) is 6.96. The summed E-state index contributed by atoms with van der Waals surface area (Å²) < 4.78 is 14.3. The normalized spacial score (nSPS) is 16.6. The van der Waals surface area contributed by atoms with Crippen molar-refractivity contribution in [3.05, 3.63) is 70.0 Å². The molecule has 0 heterocycles. The Hall–Kier alpha value is -1.63. The highest BCUT2D eigenvalue weighted by Crippen LogP contribution is 2.31.